The molecule has 2 aliphatic heterocycles. The summed E-state index contributed by atoms with van der Waals surface area (Å²) in [5, 5.41) is 2.92. The second-order valence-electron chi connectivity index (χ2n) is 8.69. The lowest BCUT2D eigenvalue weighted by molar-refractivity contribution is -0.141. The summed E-state index contributed by atoms with van der Waals surface area (Å²) in [6.07, 6.45) is 3.61. The second kappa shape index (κ2) is 9.42. The van der Waals surface area contributed by atoms with Gasteiger partial charge in [0, 0.05) is 37.7 Å². The van der Waals surface area contributed by atoms with Gasteiger partial charge in [0.15, 0.2) is 0 Å². The molecule has 29 heavy (non-hydrogen) atoms. The Morgan fingerprint density at radius 3 is 2.07 bits per heavy atom. The van der Waals surface area contributed by atoms with Crippen molar-refractivity contribution in [2.45, 2.75) is 52.5 Å². The number of benzene rings is 1. The fourth-order valence-electron chi connectivity index (χ4n) is 4.18. The first-order valence-corrected chi connectivity index (χ1v) is 10.8. The number of carbonyl (C=O) groups excluding carboxylic acids is 3. The minimum atomic E-state index is -0.561. The smallest absolute Gasteiger partial charge is 0.251 e. The van der Waals surface area contributed by atoms with Crippen LogP contribution in [0.5, 0.6) is 0 Å². The third-order valence-corrected chi connectivity index (χ3v) is 6.11. The maximum Gasteiger partial charge on any atom is 0.251 e. The monoisotopic (exact) mass is 399 g/mol. The molecule has 2 heterocycles. The zero-order valence-electron chi connectivity index (χ0n) is 17.8. The molecule has 0 aromatic heterocycles. The Balaban J connectivity index is 1.57. The summed E-state index contributed by atoms with van der Waals surface area (Å²) in [6.45, 7) is 8.76. The highest BCUT2D eigenvalue weighted by atomic mass is 16.2. The van der Waals surface area contributed by atoms with E-state index in [0.717, 1.165) is 31.5 Å². The summed E-state index contributed by atoms with van der Waals surface area (Å²) >= 11 is 0. The predicted molar refractivity (Wildman–Crippen MR) is 112 cm³/mol. The van der Waals surface area contributed by atoms with Crippen molar-refractivity contribution in [3.8, 4) is 0 Å². The van der Waals surface area contributed by atoms with E-state index in [-0.39, 0.29) is 29.6 Å². The van der Waals surface area contributed by atoms with Crippen LogP contribution in [0, 0.1) is 18.8 Å². The van der Waals surface area contributed by atoms with E-state index in [4.69, 9.17) is 0 Å². The van der Waals surface area contributed by atoms with Crippen molar-refractivity contribution in [3.63, 3.8) is 0 Å². The standard InChI is InChI=1S/C23H33N3O3/c1-16(2)20(24-21(27)18-8-6-17(3)7-9-18)23(29)26-14-10-19(11-15-26)22(28)25-12-4-5-13-25/h6-9,16,19-20H,4-5,10-15H2,1-3H3,(H,24,27). The normalized spacial score (nSPS) is 18.8. The highest BCUT2D eigenvalue weighted by Crippen LogP contribution is 2.23. The van der Waals surface area contributed by atoms with E-state index in [2.05, 4.69) is 5.32 Å². The van der Waals surface area contributed by atoms with Crippen molar-refractivity contribution in [2.24, 2.45) is 11.8 Å². The zero-order valence-corrected chi connectivity index (χ0v) is 17.8. The number of hydrogen-bond acceptors (Lipinski definition) is 3. The van der Waals surface area contributed by atoms with Gasteiger partial charge in [0.05, 0.1) is 0 Å². The van der Waals surface area contributed by atoms with Crippen molar-refractivity contribution >= 4 is 17.7 Å². The van der Waals surface area contributed by atoms with E-state index in [9.17, 15) is 14.4 Å². The Hall–Kier alpha value is -2.37. The molecule has 0 saturated carbocycles. The Morgan fingerprint density at radius 2 is 1.52 bits per heavy atom. The van der Waals surface area contributed by atoms with Gasteiger partial charge in [0.25, 0.3) is 5.91 Å². The third-order valence-electron chi connectivity index (χ3n) is 6.11. The molecular weight excluding hydrogens is 366 g/mol. The molecule has 6 heteroatoms. The van der Waals surface area contributed by atoms with E-state index in [1.807, 2.05) is 42.7 Å². The van der Waals surface area contributed by atoms with Crippen LogP contribution in [0.15, 0.2) is 24.3 Å². The van der Waals surface area contributed by atoms with Crippen LogP contribution in [0.2, 0.25) is 0 Å². The van der Waals surface area contributed by atoms with E-state index in [1.165, 1.54) is 0 Å². The molecular formula is C23H33N3O3. The maximum absolute atomic E-state index is 13.1. The molecule has 3 rings (SSSR count). The lowest BCUT2D eigenvalue weighted by Gasteiger charge is -2.36. The number of amides is 3. The molecule has 158 valence electrons. The van der Waals surface area contributed by atoms with E-state index in [0.29, 0.717) is 31.5 Å². The summed E-state index contributed by atoms with van der Waals surface area (Å²) in [5.74, 6) is -0.0102. The summed E-state index contributed by atoms with van der Waals surface area (Å²) in [4.78, 5) is 42.1. The minimum Gasteiger partial charge on any atom is -0.342 e. The third kappa shape index (κ3) is 5.17. The van der Waals surface area contributed by atoms with Crippen molar-refractivity contribution in [1.29, 1.82) is 0 Å². The SMILES string of the molecule is Cc1ccc(C(=O)NC(C(=O)N2CCC(C(=O)N3CCCC3)CC2)C(C)C)cc1. The molecule has 0 aliphatic carbocycles. The molecule has 1 atom stereocenters. The largest absolute Gasteiger partial charge is 0.342 e. The number of hydrogen-bond donors (Lipinski definition) is 1. The minimum absolute atomic E-state index is 0.0131. The molecule has 1 unspecified atom stereocenters. The number of nitrogens with one attached hydrogen (secondary N) is 1. The molecule has 0 spiro atoms. The van der Waals surface area contributed by atoms with Gasteiger partial charge in [-0.15, -0.1) is 0 Å². The first-order valence-electron chi connectivity index (χ1n) is 10.8. The first-order chi connectivity index (χ1) is 13.9. The Morgan fingerprint density at radius 1 is 0.931 bits per heavy atom. The quantitative estimate of drug-likeness (QED) is 0.827. The lowest BCUT2D eigenvalue weighted by atomic mass is 9.93. The Bertz CT molecular complexity index is 730. The van der Waals surface area contributed by atoms with Gasteiger partial charge in [-0.05, 0) is 50.7 Å². The van der Waals surface area contributed by atoms with Crippen LogP contribution in [-0.2, 0) is 9.59 Å². The average Bonchev–Trinajstić information content (AvgIpc) is 3.26. The summed E-state index contributed by atoms with van der Waals surface area (Å²) in [6, 6.07) is 6.78. The van der Waals surface area contributed by atoms with Gasteiger partial charge in [-0.25, -0.2) is 0 Å². The fraction of sp³-hybridized carbons (Fsp3) is 0.609. The molecule has 0 radical (unpaired) electrons. The second-order valence-corrected chi connectivity index (χ2v) is 8.69. The van der Waals surface area contributed by atoms with E-state index in [1.54, 1.807) is 12.1 Å². The molecule has 1 aromatic rings. The van der Waals surface area contributed by atoms with Gasteiger partial charge in [-0.2, -0.15) is 0 Å². The van der Waals surface area contributed by atoms with Crippen LogP contribution in [0.3, 0.4) is 0 Å². The molecule has 2 saturated heterocycles. The molecule has 1 N–H and O–H groups in total. The van der Waals surface area contributed by atoms with Gasteiger partial charge < -0.3 is 15.1 Å². The first kappa shape index (κ1) is 21.3. The zero-order chi connectivity index (χ0) is 21.0. The van der Waals surface area contributed by atoms with Gasteiger partial charge >= 0.3 is 0 Å². The number of carbonyl (C=O) groups is 3. The van der Waals surface area contributed by atoms with Gasteiger partial charge in [-0.1, -0.05) is 31.5 Å². The van der Waals surface area contributed by atoms with Crippen LogP contribution in [0.1, 0.15) is 55.5 Å². The molecule has 1 aromatic carbocycles. The molecule has 3 amide bonds. The van der Waals surface area contributed by atoms with Crippen molar-refractivity contribution in [2.75, 3.05) is 26.2 Å². The van der Waals surface area contributed by atoms with Gasteiger partial charge in [0.2, 0.25) is 11.8 Å². The number of aryl methyl sites for hydroxylation is 1. The molecule has 2 aliphatic rings. The Labute approximate surface area is 173 Å². The highest BCUT2D eigenvalue weighted by Gasteiger charge is 2.34. The number of piperidine rings is 1. The van der Waals surface area contributed by atoms with Crippen molar-refractivity contribution in [3.05, 3.63) is 35.4 Å². The van der Waals surface area contributed by atoms with E-state index >= 15 is 0 Å². The number of rotatable bonds is 5. The van der Waals surface area contributed by atoms with Crippen LogP contribution >= 0.6 is 0 Å². The van der Waals surface area contributed by atoms with E-state index < -0.39 is 6.04 Å². The highest BCUT2D eigenvalue weighted by molar-refractivity contribution is 5.97. The van der Waals surface area contributed by atoms with Gasteiger partial charge in [0.1, 0.15) is 6.04 Å². The molecule has 0 bridgehead atoms. The van der Waals surface area contributed by atoms with Crippen LogP contribution in [-0.4, -0.2) is 59.7 Å². The lowest BCUT2D eigenvalue weighted by Crippen LogP contribution is -2.53. The van der Waals surface area contributed by atoms with Crippen molar-refractivity contribution < 1.29 is 14.4 Å². The number of nitrogens with zero attached hydrogens (tertiary/aromatic N) is 2. The average molecular weight is 400 g/mol. The van der Waals surface area contributed by atoms with Crippen molar-refractivity contribution in [1.82, 2.24) is 15.1 Å². The molecule has 2 fully saturated rings. The van der Waals surface area contributed by atoms with Crippen LogP contribution in [0.4, 0.5) is 0 Å². The number of likely N-dealkylation sites (tertiary alicyclic amines) is 2. The van der Waals surface area contributed by atoms with Crippen LogP contribution in [0.25, 0.3) is 0 Å². The Kier molecular flexibility index (Phi) is 6.93. The summed E-state index contributed by atoms with van der Waals surface area (Å²) in [7, 11) is 0. The predicted octanol–water partition coefficient (Wildman–Crippen LogP) is 2.61. The van der Waals surface area contributed by atoms with Crippen LogP contribution < -0.4 is 5.32 Å². The summed E-state index contributed by atoms with van der Waals surface area (Å²) in [5.41, 5.74) is 1.65. The topological polar surface area (TPSA) is 69.7 Å². The fourth-order valence-corrected chi connectivity index (χ4v) is 4.18. The maximum atomic E-state index is 13.1. The molecule has 6 nitrogen and oxygen atoms in total. The van der Waals surface area contributed by atoms with Gasteiger partial charge in [-0.3, -0.25) is 14.4 Å². The summed E-state index contributed by atoms with van der Waals surface area (Å²) < 4.78 is 0.